The first-order valence-corrected chi connectivity index (χ1v) is 10.9. The molecule has 0 fully saturated rings. The van der Waals surface area contributed by atoms with E-state index >= 15 is 0 Å². The maximum Gasteiger partial charge on any atom is 0.240 e. The third kappa shape index (κ3) is 4.15. The van der Waals surface area contributed by atoms with Crippen molar-refractivity contribution < 1.29 is 12.8 Å². The molecule has 1 unspecified atom stereocenters. The molecule has 29 heavy (non-hydrogen) atoms. The Morgan fingerprint density at radius 2 is 1.93 bits per heavy atom. The monoisotopic (exact) mass is 413 g/mol. The minimum Gasteiger partial charge on any atom is -0.449 e. The Labute approximate surface area is 170 Å². The topological polar surface area (TPSA) is 101 Å². The van der Waals surface area contributed by atoms with Gasteiger partial charge in [0.2, 0.25) is 16.0 Å². The standard InChI is InChI=1S/C20H23N5O3S/c1-13-22-19(12-28-13)14-4-7-17(8-5-14)29(26,27)24-16-6-9-18-15(10-16)11-21-20(23-18)25(2)3/h4-5,7-8,11-12,16,24H,6,9-10H2,1-3H3. The van der Waals surface area contributed by atoms with Crippen LogP contribution in [0.3, 0.4) is 0 Å². The summed E-state index contributed by atoms with van der Waals surface area (Å²) in [4.78, 5) is 15.3. The van der Waals surface area contributed by atoms with E-state index in [9.17, 15) is 8.42 Å². The molecule has 1 aliphatic carbocycles. The minimum atomic E-state index is -3.62. The lowest BCUT2D eigenvalue weighted by Gasteiger charge is -2.25. The van der Waals surface area contributed by atoms with Crippen LogP contribution in [-0.4, -0.2) is 43.5 Å². The third-order valence-electron chi connectivity index (χ3n) is 4.94. The number of oxazole rings is 1. The molecule has 1 aromatic carbocycles. The van der Waals surface area contributed by atoms with E-state index in [0.29, 0.717) is 30.4 Å². The molecule has 1 N–H and O–H groups in total. The summed E-state index contributed by atoms with van der Waals surface area (Å²) >= 11 is 0. The SMILES string of the molecule is Cc1nc(-c2ccc(S(=O)(=O)NC3CCc4nc(N(C)C)ncc4C3)cc2)co1. The average Bonchev–Trinajstić information content (AvgIpc) is 3.13. The van der Waals surface area contributed by atoms with Crippen molar-refractivity contribution in [3.63, 3.8) is 0 Å². The van der Waals surface area contributed by atoms with Crippen LogP contribution in [0.5, 0.6) is 0 Å². The molecular formula is C20H23N5O3S. The zero-order chi connectivity index (χ0) is 20.6. The Bertz CT molecular complexity index is 1120. The number of rotatable bonds is 5. The highest BCUT2D eigenvalue weighted by molar-refractivity contribution is 7.89. The number of fused-ring (bicyclic) bond motifs is 1. The van der Waals surface area contributed by atoms with E-state index in [0.717, 1.165) is 23.2 Å². The van der Waals surface area contributed by atoms with Gasteiger partial charge < -0.3 is 9.32 Å². The fourth-order valence-electron chi connectivity index (χ4n) is 3.40. The number of anilines is 1. The number of aryl methyl sites for hydroxylation is 2. The average molecular weight is 414 g/mol. The lowest BCUT2D eigenvalue weighted by molar-refractivity contribution is 0.501. The number of nitrogens with zero attached hydrogens (tertiary/aromatic N) is 4. The maximum atomic E-state index is 12.8. The van der Waals surface area contributed by atoms with Gasteiger partial charge in [-0.25, -0.2) is 28.1 Å². The largest absolute Gasteiger partial charge is 0.449 e. The van der Waals surface area contributed by atoms with E-state index in [1.54, 1.807) is 43.6 Å². The molecule has 0 spiro atoms. The lowest BCUT2D eigenvalue weighted by atomic mass is 9.94. The molecule has 0 saturated carbocycles. The van der Waals surface area contributed by atoms with Gasteiger partial charge >= 0.3 is 0 Å². The predicted molar refractivity (Wildman–Crippen MR) is 109 cm³/mol. The van der Waals surface area contributed by atoms with Gasteiger partial charge in [-0.2, -0.15) is 0 Å². The van der Waals surface area contributed by atoms with Crippen LogP contribution in [0.4, 0.5) is 5.95 Å². The van der Waals surface area contributed by atoms with Crippen LogP contribution in [0.15, 0.2) is 46.0 Å². The summed E-state index contributed by atoms with van der Waals surface area (Å²) < 4.78 is 33.7. The van der Waals surface area contributed by atoms with E-state index in [-0.39, 0.29) is 10.9 Å². The number of hydrogen-bond donors (Lipinski definition) is 1. The van der Waals surface area contributed by atoms with Crippen LogP contribution >= 0.6 is 0 Å². The van der Waals surface area contributed by atoms with Crippen molar-refractivity contribution in [2.24, 2.45) is 0 Å². The van der Waals surface area contributed by atoms with Crippen molar-refractivity contribution in [3.05, 3.63) is 53.9 Å². The summed E-state index contributed by atoms with van der Waals surface area (Å²) in [6.07, 6.45) is 5.36. The van der Waals surface area contributed by atoms with Gasteiger partial charge in [0.1, 0.15) is 12.0 Å². The van der Waals surface area contributed by atoms with E-state index in [1.807, 2.05) is 19.0 Å². The fraction of sp³-hybridized carbons (Fsp3) is 0.350. The molecule has 0 bridgehead atoms. The summed E-state index contributed by atoms with van der Waals surface area (Å²) in [5.41, 5.74) is 3.47. The zero-order valence-corrected chi connectivity index (χ0v) is 17.4. The first-order chi connectivity index (χ1) is 13.8. The molecule has 2 aromatic heterocycles. The molecule has 0 amide bonds. The first kappa shape index (κ1) is 19.5. The smallest absolute Gasteiger partial charge is 0.240 e. The number of hydrogen-bond acceptors (Lipinski definition) is 7. The maximum absolute atomic E-state index is 12.8. The normalized spacial score (nSPS) is 16.4. The van der Waals surface area contributed by atoms with Gasteiger partial charge in [0, 0.05) is 44.5 Å². The zero-order valence-electron chi connectivity index (χ0n) is 16.6. The molecule has 1 aliphatic rings. The highest BCUT2D eigenvalue weighted by atomic mass is 32.2. The summed E-state index contributed by atoms with van der Waals surface area (Å²) in [6, 6.07) is 6.46. The number of nitrogens with one attached hydrogen (secondary N) is 1. The van der Waals surface area contributed by atoms with Crippen molar-refractivity contribution in [2.45, 2.75) is 37.1 Å². The number of sulfonamides is 1. The number of aromatic nitrogens is 3. The Kier molecular flexibility index (Phi) is 5.10. The van der Waals surface area contributed by atoms with Crippen LogP contribution in [-0.2, 0) is 22.9 Å². The molecule has 0 radical (unpaired) electrons. The first-order valence-electron chi connectivity index (χ1n) is 9.39. The Morgan fingerprint density at radius 1 is 1.17 bits per heavy atom. The highest BCUT2D eigenvalue weighted by Gasteiger charge is 2.26. The summed E-state index contributed by atoms with van der Waals surface area (Å²) in [5.74, 6) is 1.24. The quantitative estimate of drug-likeness (QED) is 0.685. The summed E-state index contributed by atoms with van der Waals surface area (Å²) in [7, 11) is 0.178. The molecule has 9 heteroatoms. The van der Waals surface area contributed by atoms with Crippen LogP contribution < -0.4 is 9.62 Å². The molecule has 152 valence electrons. The second-order valence-corrected chi connectivity index (χ2v) is 9.09. The third-order valence-corrected chi connectivity index (χ3v) is 6.48. The molecule has 8 nitrogen and oxygen atoms in total. The predicted octanol–water partition coefficient (Wildman–Crippen LogP) is 2.34. The van der Waals surface area contributed by atoms with Gasteiger partial charge in [-0.15, -0.1) is 0 Å². The van der Waals surface area contributed by atoms with Crippen molar-refractivity contribution in [1.82, 2.24) is 19.7 Å². The van der Waals surface area contributed by atoms with Gasteiger partial charge in [0.25, 0.3) is 0 Å². The van der Waals surface area contributed by atoms with E-state index in [2.05, 4.69) is 19.7 Å². The second-order valence-electron chi connectivity index (χ2n) is 7.37. The van der Waals surface area contributed by atoms with E-state index < -0.39 is 10.0 Å². The molecule has 2 heterocycles. The Balaban J connectivity index is 1.47. The Hall–Kier alpha value is -2.78. The van der Waals surface area contributed by atoms with Gasteiger partial charge in [-0.05, 0) is 37.0 Å². The minimum absolute atomic E-state index is 0.181. The van der Waals surface area contributed by atoms with Crippen LogP contribution in [0.25, 0.3) is 11.3 Å². The molecule has 0 aliphatic heterocycles. The van der Waals surface area contributed by atoms with Gasteiger partial charge in [-0.1, -0.05) is 12.1 Å². The highest BCUT2D eigenvalue weighted by Crippen LogP contribution is 2.24. The van der Waals surface area contributed by atoms with Crippen molar-refractivity contribution in [3.8, 4) is 11.3 Å². The molecule has 0 saturated heterocycles. The van der Waals surface area contributed by atoms with Gasteiger partial charge in [0.15, 0.2) is 5.89 Å². The molecular weight excluding hydrogens is 390 g/mol. The molecule has 3 aromatic rings. The van der Waals surface area contributed by atoms with Crippen molar-refractivity contribution in [2.75, 3.05) is 19.0 Å². The van der Waals surface area contributed by atoms with Crippen LogP contribution in [0.1, 0.15) is 23.6 Å². The molecule has 4 rings (SSSR count). The van der Waals surface area contributed by atoms with Gasteiger partial charge in [-0.3, -0.25) is 0 Å². The van der Waals surface area contributed by atoms with E-state index in [4.69, 9.17) is 4.42 Å². The van der Waals surface area contributed by atoms with Crippen LogP contribution in [0.2, 0.25) is 0 Å². The number of benzene rings is 1. The molecule has 1 atom stereocenters. The summed E-state index contributed by atoms with van der Waals surface area (Å²) in [5, 5.41) is 0. The second kappa shape index (κ2) is 7.57. The Morgan fingerprint density at radius 3 is 2.59 bits per heavy atom. The van der Waals surface area contributed by atoms with Crippen molar-refractivity contribution >= 4 is 16.0 Å². The summed E-state index contributed by atoms with van der Waals surface area (Å²) in [6.45, 7) is 1.76. The van der Waals surface area contributed by atoms with Crippen LogP contribution in [0, 0.1) is 6.92 Å². The van der Waals surface area contributed by atoms with E-state index in [1.165, 1.54) is 0 Å². The fourth-order valence-corrected chi connectivity index (χ4v) is 4.67. The van der Waals surface area contributed by atoms with Gasteiger partial charge in [0.05, 0.1) is 4.90 Å². The van der Waals surface area contributed by atoms with Crippen molar-refractivity contribution in [1.29, 1.82) is 0 Å². The lowest BCUT2D eigenvalue weighted by Crippen LogP contribution is -2.39.